The summed E-state index contributed by atoms with van der Waals surface area (Å²) in [6, 6.07) is 0.0975. The molecule has 0 aromatic carbocycles. The van der Waals surface area contributed by atoms with Crippen LogP contribution >= 0.6 is 0 Å². The fourth-order valence-corrected chi connectivity index (χ4v) is 1.15. The third-order valence-corrected chi connectivity index (χ3v) is 1.90. The predicted molar refractivity (Wildman–Crippen MR) is 53.0 cm³/mol. The van der Waals surface area contributed by atoms with Crippen LogP contribution in [0.3, 0.4) is 0 Å². The summed E-state index contributed by atoms with van der Waals surface area (Å²) < 4.78 is 2.04. The van der Waals surface area contributed by atoms with Crippen LogP contribution in [-0.4, -0.2) is 15.6 Å². The van der Waals surface area contributed by atoms with Crippen LogP contribution in [0, 0.1) is 18.8 Å². The van der Waals surface area contributed by atoms with Gasteiger partial charge < -0.3 is 10.3 Å². The fourth-order valence-electron chi connectivity index (χ4n) is 1.15. The van der Waals surface area contributed by atoms with E-state index in [1.54, 1.807) is 6.20 Å². The van der Waals surface area contributed by atoms with Gasteiger partial charge in [0.05, 0.1) is 0 Å². The van der Waals surface area contributed by atoms with E-state index in [-0.39, 0.29) is 6.04 Å². The van der Waals surface area contributed by atoms with Gasteiger partial charge in [-0.15, -0.1) is 11.8 Å². The molecule has 2 N–H and O–H groups in total. The molecule has 0 saturated carbocycles. The summed E-state index contributed by atoms with van der Waals surface area (Å²) in [4.78, 5) is 4.12. The maximum atomic E-state index is 5.87. The van der Waals surface area contributed by atoms with Crippen molar-refractivity contribution in [3.63, 3.8) is 0 Å². The molecule has 0 fully saturated rings. The van der Waals surface area contributed by atoms with Gasteiger partial charge in [0.15, 0.2) is 0 Å². The summed E-state index contributed by atoms with van der Waals surface area (Å²) in [5, 5.41) is 0. The highest BCUT2D eigenvalue weighted by Crippen LogP contribution is 1.98. The van der Waals surface area contributed by atoms with Crippen molar-refractivity contribution in [2.45, 2.75) is 32.9 Å². The Morgan fingerprint density at radius 2 is 2.46 bits per heavy atom. The molecule has 0 aliphatic carbocycles. The first-order valence-corrected chi connectivity index (χ1v) is 4.37. The average Bonchev–Trinajstić information content (AvgIpc) is 2.48. The first kappa shape index (κ1) is 9.82. The predicted octanol–water partition coefficient (Wildman–Crippen LogP) is 0.932. The molecule has 1 unspecified atom stereocenters. The monoisotopic (exact) mass is 177 g/mol. The molecule has 1 aromatic rings. The summed E-state index contributed by atoms with van der Waals surface area (Å²) in [5.74, 6) is 6.81. The molecule has 70 valence electrons. The zero-order chi connectivity index (χ0) is 9.68. The van der Waals surface area contributed by atoms with Crippen LogP contribution in [0.15, 0.2) is 12.4 Å². The van der Waals surface area contributed by atoms with E-state index in [0.717, 1.165) is 18.8 Å². The van der Waals surface area contributed by atoms with E-state index in [1.807, 2.05) is 24.6 Å². The van der Waals surface area contributed by atoms with Crippen LogP contribution in [0.2, 0.25) is 0 Å². The van der Waals surface area contributed by atoms with Gasteiger partial charge in [0.1, 0.15) is 5.82 Å². The van der Waals surface area contributed by atoms with Crippen LogP contribution in [0.25, 0.3) is 0 Å². The Labute approximate surface area is 79.0 Å². The molecular weight excluding hydrogens is 162 g/mol. The number of nitrogens with two attached hydrogens (primary N) is 1. The molecule has 0 spiro atoms. The molecule has 0 aliphatic heterocycles. The van der Waals surface area contributed by atoms with Crippen molar-refractivity contribution in [1.82, 2.24) is 9.55 Å². The lowest BCUT2D eigenvalue weighted by Gasteiger charge is -2.09. The van der Waals surface area contributed by atoms with E-state index in [2.05, 4.69) is 16.8 Å². The normalized spacial score (nSPS) is 11.9. The van der Waals surface area contributed by atoms with Gasteiger partial charge in [-0.3, -0.25) is 0 Å². The Morgan fingerprint density at radius 1 is 1.69 bits per heavy atom. The molecule has 0 bridgehead atoms. The number of rotatable bonds is 3. The average molecular weight is 177 g/mol. The van der Waals surface area contributed by atoms with Crippen molar-refractivity contribution in [3.05, 3.63) is 18.2 Å². The number of nitrogens with zero attached hydrogens (tertiary/aromatic N) is 2. The highest BCUT2D eigenvalue weighted by atomic mass is 15.1. The topological polar surface area (TPSA) is 43.8 Å². The van der Waals surface area contributed by atoms with E-state index < -0.39 is 0 Å². The molecule has 3 heteroatoms. The summed E-state index contributed by atoms with van der Waals surface area (Å²) in [6.07, 6.45) is 4.47. The van der Waals surface area contributed by atoms with Crippen LogP contribution in [0.4, 0.5) is 0 Å². The first-order valence-electron chi connectivity index (χ1n) is 4.37. The highest BCUT2D eigenvalue weighted by Gasteiger charge is 2.03. The lowest BCUT2D eigenvalue weighted by atomic mass is 10.2. The molecule has 0 radical (unpaired) electrons. The zero-order valence-electron chi connectivity index (χ0n) is 8.12. The van der Waals surface area contributed by atoms with Gasteiger partial charge in [-0.2, -0.15) is 0 Å². The molecule has 0 aliphatic rings. The minimum atomic E-state index is 0.0975. The van der Waals surface area contributed by atoms with E-state index in [4.69, 9.17) is 5.73 Å². The number of hydrogen-bond acceptors (Lipinski definition) is 2. The van der Waals surface area contributed by atoms with Crippen LogP contribution < -0.4 is 5.73 Å². The minimum Gasteiger partial charge on any atom is -0.334 e. The van der Waals surface area contributed by atoms with Gasteiger partial charge in [-0.05, 0) is 13.8 Å². The number of aryl methyl sites for hydroxylation is 1. The van der Waals surface area contributed by atoms with Crippen molar-refractivity contribution < 1.29 is 0 Å². The quantitative estimate of drug-likeness (QED) is 0.698. The molecule has 1 heterocycles. The van der Waals surface area contributed by atoms with Gasteiger partial charge in [0, 0.05) is 31.4 Å². The van der Waals surface area contributed by atoms with Crippen LogP contribution in [-0.2, 0) is 6.54 Å². The second-order valence-electron chi connectivity index (χ2n) is 3.02. The fraction of sp³-hybridized carbons (Fsp3) is 0.500. The molecule has 1 rings (SSSR count). The Hall–Kier alpha value is -1.27. The second-order valence-corrected chi connectivity index (χ2v) is 3.02. The largest absolute Gasteiger partial charge is 0.334 e. The van der Waals surface area contributed by atoms with Crippen LogP contribution in [0.1, 0.15) is 19.2 Å². The lowest BCUT2D eigenvalue weighted by molar-refractivity contribution is 0.552. The Morgan fingerprint density at radius 3 is 3.00 bits per heavy atom. The number of hydrogen-bond donors (Lipinski definition) is 1. The summed E-state index contributed by atoms with van der Waals surface area (Å²) in [5.41, 5.74) is 5.87. The summed E-state index contributed by atoms with van der Waals surface area (Å²) in [7, 11) is 0. The second kappa shape index (κ2) is 4.68. The first-order chi connectivity index (χ1) is 6.24. The maximum Gasteiger partial charge on any atom is 0.105 e. The smallest absolute Gasteiger partial charge is 0.105 e. The Kier molecular flexibility index (Phi) is 3.53. The highest BCUT2D eigenvalue weighted by molar-refractivity contribution is 4.98. The van der Waals surface area contributed by atoms with Gasteiger partial charge in [-0.1, -0.05) is 0 Å². The molecule has 3 nitrogen and oxygen atoms in total. The van der Waals surface area contributed by atoms with Crippen molar-refractivity contribution in [2.75, 3.05) is 0 Å². The molecule has 1 atom stereocenters. The summed E-state index contributed by atoms with van der Waals surface area (Å²) in [6.45, 7) is 4.59. The van der Waals surface area contributed by atoms with Crippen molar-refractivity contribution in [2.24, 2.45) is 5.73 Å². The van der Waals surface area contributed by atoms with E-state index in [0.29, 0.717) is 0 Å². The zero-order valence-corrected chi connectivity index (χ0v) is 8.12. The molecule has 0 saturated heterocycles. The summed E-state index contributed by atoms with van der Waals surface area (Å²) >= 11 is 0. The Balaban J connectivity index is 2.48. The maximum absolute atomic E-state index is 5.87. The van der Waals surface area contributed by atoms with E-state index >= 15 is 0 Å². The van der Waals surface area contributed by atoms with Gasteiger partial charge >= 0.3 is 0 Å². The van der Waals surface area contributed by atoms with Gasteiger partial charge in [-0.25, -0.2) is 4.98 Å². The van der Waals surface area contributed by atoms with Gasteiger partial charge in [0.25, 0.3) is 0 Å². The minimum absolute atomic E-state index is 0.0975. The molecular formula is C10H15N3. The molecule has 0 amide bonds. The van der Waals surface area contributed by atoms with Crippen molar-refractivity contribution in [3.8, 4) is 11.8 Å². The standard InChI is InChI=1S/C10H15N3/c1-3-4-5-10(11)8-13-7-6-12-9(13)2/h6-7,10H,5,8,11H2,1-2H3. The SMILES string of the molecule is CC#CCC(N)Cn1ccnc1C. The third-order valence-electron chi connectivity index (χ3n) is 1.90. The third kappa shape index (κ3) is 2.92. The van der Waals surface area contributed by atoms with E-state index in [9.17, 15) is 0 Å². The number of aromatic nitrogens is 2. The van der Waals surface area contributed by atoms with Gasteiger partial charge in [0.2, 0.25) is 0 Å². The van der Waals surface area contributed by atoms with Crippen molar-refractivity contribution in [1.29, 1.82) is 0 Å². The number of imidazole rings is 1. The molecule has 1 aromatic heterocycles. The van der Waals surface area contributed by atoms with Crippen molar-refractivity contribution >= 4 is 0 Å². The van der Waals surface area contributed by atoms with Crippen LogP contribution in [0.5, 0.6) is 0 Å². The Bertz CT molecular complexity index is 316. The lowest BCUT2D eigenvalue weighted by Crippen LogP contribution is -2.25. The van der Waals surface area contributed by atoms with E-state index in [1.165, 1.54) is 0 Å². The molecule has 13 heavy (non-hydrogen) atoms.